The third-order valence-electron chi connectivity index (χ3n) is 3.65. The predicted molar refractivity (Wildman–Crippen MR) is 72.9 cm³/mol. The van der Waals surface area contributed by atoms with Gasteiger partial charge in [0.2, 0.25) is 0 Å². The van der Waals surface area contributed by atoms with Crippen LogP contribution in [0.25, 0.3) is 0 Å². The van der Waals surface area contributed by atoms with Gasteiger partial charge in [0.25, 0.3) is 0 Å². The topological polar surface area (TPSA) is 29.0 Å². The molecule has 2 aromatic heterocycles. The Labute approximate surface area is 107 Å². The van der Waals surface area contributed by atoms with Crippen molar-refractivity contribution in [2.24, 2.45) is 0 Å². The number of anilines is 2. The molecule has 0 aliphatic carbocycles. The molecule has 0 amide bonds. The highest BCUT2D eigenvalue weighted by atomic mass is 15.1. The first kappa shape index (κ1) is 11.0. The summed E-state index contributed by atoms with van der Waals surface area (Å²) in [4.78, 5) is 10.5. The number of fused-ring (bicyclic) bond motifs is 2. The summed E-state index contributed by atoms with van der Waals surface area (Å²) in [5.41, 5.74) is 4.64. The summed E-state index contributed by atoms with van der Waals surface area (Å²) in [6.45, 7) is 8.35. The van der Waals surface area contributed by atoms with E-state index in [2.05, 4.69) is 47.4 Å². The van der Waals surface area contributed by atoms with Gasteiger partial charge in [0, 0.05) is 24.0 Å². The van der Waals surface area contributed by atoms with Crippen molar-refractivity contribution in [2.45, 2.75) is 19.3 Å². The molecule has 3 heterocycles. The van der Waals surface area contributed by atoms with Gasteiger partial charge in [-0.2, -0.15) is 0 Å². The van der Waals surface area contributed by atoms with Gasteiger partial charge in [0.05, 0.1) is 23.8 Å². The molecule has 1 aliphatic rings. The van der Waals surface area contributed by atoms with Crippen molar-refractivity contribution >= 4 is 11.4 Å². The Bertz CT molecular complexity index is 567. The van der Waals surface area contributed by atoms with Gasteiger partial charge in [0.15, 0.2) is 0 Å². The van der Waals surface area contributed by atoms with Crippen LogP contribution in [-0.2, 0) is 5.41 Å². The maximum Gasteiger partial charge on any atom is 0.0680 e. The molecule has 2 aromatic rings. The minimum absolute atomic E-state index is 0.0456. The number of rotatable bonds is 1. The predicted octanol–water partition coefficient (Wildman–Crippen LogP) is 3.40. The van der Waals surface area contributed by atoms with E-state index in [4.69, 9.17) is 0 Å². The fourth-order valence-corrected chi connectivity index (χ4v) is 2.68. The van der Waals surface area contributed by atoms with Crippen LogP contribution in [0.5, 0.6) is 0 Å². The minimum Gasteiger partial charge on any atom is -0.314 e. The van der Waals surface area contributed by atoms with Crippen molar-refractivity contribution in [1.82, 2.24) is 9.97 Å². The first-order valence-electron chi connectivity index (χ1n) is 5.97. The van der Waals surface area contributed by atoms with Crippen LogP contribution in [0.4, 0.5) is 11.4 Å². The Kier molecular flexibility index (Phi) is 2.23. The Hall–Kier alpha value is -2.16. The summed E-state index contributed by atoms with van der Waals surface area (Å²) < 4.78 is 0. The van der Waals surface area contributed by atoms with Crippen molar-refractivity contribution in [3.8, 4) is 0 Å². The van der Waals surface area contributed by atoms with Gasteiger partial charge < -0.3 is 4.90 Å². The first-order chi connectivity index (χ1) is 8.66. The van der Waals surface area contributed by atoms with Crippen LogP contribution < -0.4 is 4.90 Å². The summed E-state index contributed by atoms with van der Waals surface area (Å²) in [6.07, 6.45) is 9.27. The summed E-state index contributed by atoms with van der Waals surface area (Å²) in [6, 6.07) is 4.16. The molecule has 0 aromatic carbocycles. The molecule has 1 aliphatic heterocycles. The SMILES string of the molecule is C=CN1c2cnccc2C(C)(C)c2ccncc21. The Morgan fingerprint density at radius 1 is 1.06 bits per heavy atom. The Morgan fingerprint density at radius 3 is 2.00 bits per heavy atom. The normalized spacial score (nSPS) is 15.8. The highest BCUT2D eigenvalue weighted by Crippen LogP contribution is 2.47. The molecule has 0 bridgehead atoms. The quantitative estimate of drug-likeness (QED) is 0.761. The van der Waals surface area contributed by atoms with Crippen LogP contribution in [0.2, 0.25) is 0 Å². The monoisotopic (exact) mass is 237 g/mol. The number of hydrogen-bond donors (Lipinski definition) is 0. The van der Waals surface area contributed by atoms with E-state index in [-0.39, 0.29) is 5.41 Å². The van der Waals surface area contributed by atoms with Crippen LogP contribution in [0, 0.1) is 0 Å². The molecule has 0 saturated heterocycles. The zero-order valence-corrected chi connectivity index (χ0v) is 10.6. The molecule has 3 heteroatoms. The van der Waals surface area contributed by atoms with Crippen molar-refractivity contribution in [1.29, 1.82) is 0 Å². The number of hydrogen-bond acceptors (Lipinski definition) is 3. The first-order valence-corrected chi connectivity index (χ1v) is 5.97. The average molecular weight is 237 g/mol. The fourth-order valence-electron chi connectivity index (χ4n) is 2.68. The third-order valence-corrected chi connectivity index (χ3v) is 3.65. The van der Waals surface area contributed by atoms with Crippen LogP contribution in [0.15, 0.2) is 49.7 Å². The molecular weight excluding hydrogens is 222 g/mol. The third kappa shape index (κ3) is 1.30. The zero-order chi connectivity index (χ0) is 12.8. The summed E-state index contributed by atoms with van der Waals surface area (Å²) in [5.74, 6) is 0. The van der Waals surface area contributed by atoms with Gasteiger partial charge in [0.1, 0.15) is 0 Å². The van der Waals surface area contributed by atoms with E-state index < -0.39 is 0 Å². The molecule has 0 N–H and O–H groups in total. The van der Waals surface area contributed by atoms with Crippen LogP contribution >= 0.6 is 0 Å². The van der Waals surface area contributed by atoms with E-state index >= 15 is 0 Å². The lowest BCUT2D eigenvalue weighted by Gasteiger charge is -2.39. The highest BCUT2D eigenvalue weighted by molar-refractivity contribution is 5.78. The summed E-state index contributed by atoms with van der Waals surface area (Å²) in [7, 11) is 0. The molecule has 3 rings (SSSR count). The van der Waals surface area contributed by atoms with Crippen LogP contribution in [-0.4, -0.2) is 9.97 Å². The summed E-state index contributed by atoms with van der Waals surface area (Å²) in [5, 5.41) is 0. The number of nitrogens with zero attached hydrogens (tertiary/aromatic N) is 3. The van der Waals surface area contributed by atoms with E-state index in [1.165, 1.54) is 11.1 Å². The van der Waals surface area contributed by atoms with Gasteiger partial charge in [-0.1, -0.05) is 20.4 Å². The van der Waals surface area contributed by atoms with Crippen molar-refractivity contribution in [3.63, 3.8) is 0 Å². The standard InChI is InChI=1S/C15H15N3/c1-4-18-13-9-16-7-5-11(13)15(2,3)12-6-8-17-10-14(12)18/h4-10H,1H2,2-3H3. The summed E-state index contributed by atoms with van der Waals surface area (Å²) >= 11 is 0. The smallest absolute Gasteiger partial charge is 0.0680 e. The van der Waals surface area contributed by atoms with Crippen LogP contribution in [0.3, 0.4) is 0 Å². The van der Waals surface area contributed by atoms with Gasteiger partial charge in [-0.3, -0.25) is 9.97 Å². The van der Waals surface area contributed by atoms with Crippen molar-refractivity contribution in [2.75, 3.05) is 4.90 Å². The van der Waals surface area contributed by atoms with E-state index in [9.17, 15) is 0 Å². The number of pyridine rings is 2. The lowest BCUT2D eigenvalue weighted by atomic mass is 9.75. The minimum atomic E-state index is -0.0456. The molecule has 0 radical (unpaired) electrons. The molecule has 3 nitrogen and oxygen atoms in total. The molecule has 18 heavy (non-hydrogen) atoms. The fraction of sp³-hybridized carbons (Fsp3) is 0.200. The maximum atomic E-state index is 4.22. The second-order valence-corrected chi connectivity index (χ2v) is 4.96. The van der Waals surface area contributed by atoms with Crippen molar-refractivity contribution in [3.05, 3.63) is 60.8 Å². The molecule has 0 unspecified atom stereocenters. The number of aromatic nitrogens is 2. The lowest BCUT2D eigenvalue weighted by Crippen LogP contribution is -2.30. The largest absolute Gasteiger partial charge is 0.314 e. The van der Waals surface area contributed by atoms with Gasteiger partial charge in [-0.15, -0.1) is 0 Å². The highest BCUT2D eigenvalue weighted by Gasteiger charge is 2.35. The molecule has 0 fully saturated rings. The van der Waals surface area contributed by atoms with Gasteiger partial charge in [-0.05, 0) is 23.3 Å². The molecule has 0 saturated carbocycles. The van der Waals surface area contributed by atoms with Gasteiger partial charge >= 0.3 is 0 Å². The molecule has 0 atom stereocenters. The van der Waals surface area contributed by atoms with E-state index in [1.54, 1.807) is 0 Å². The Morgan fingerprint density at radius 2 is 1.56 bits per heavy atom. The maximum absolute atomic E-state index is 4.22. The molecular formula is C15H15N3. The van der Waals surface area contributed by atoms with Gasteiger partial charge in [-0.25, -0.2) is 0 Å². The average Bonchev–Trinajstić information content (AvgIpc) is 2.40. The second-order valence-electron chi connectivity index (χ2n) is 4.96. The van der Waals surface area contributed by atoms with E-state index in [0.29, 0.717) is 0 Å². The lowest BCUT2D eigenvalue weighted by molar-refractivity contribution is 0.628. The van der Waals surface area contributed by atoms with Crippen LogP contribution in [0.1, 0.15) is 25.0 Å². The second kappa shape index (κ2) is 3.67. The van der Waals surface area contributed by atoms with E-state index in [0.717, 1.165) is 11.4 Å². The Balaban J connectivity index is 2.36. The van der Waals surface area contributed by atoms with Crippen molar-refractivity contribution < 1.29 is 0 Å². The molecule has 0 spiro atoms. The van der Waals surface area contributed by atoms with E-state index in [1.807, 2.05) is 31.0 Å². The zero-order valence-electron chi connectivity index (χ0n) is 10.6. The molecule has 90 valence electrons.